The van der Waals surface area contributed by atoms with Crippen molar-refractivity contribution in [3.8, 4) is 5.75 Å². The molecule has 4 aromatic rings. The summed E-state index contributed by atoms with van der Waals surface area (Å²) in [6.45, 7) is 1.58. The zero-order valence-electron chi connectivity index (χ0n) is 22.1. The summed E-state index contributed by atoms with van der Waals surface area (Å²) in [6, 6.07) is 16.8. The number of fused-ring (bicyclic) bond motifs is 1. The average Bonchev–Trinajstić information content (AvgIpc) is 3.26. The van der Waals surface area contributed by atoms with Crippen LogP contribution < -0.4 is 19.6 Å². The van der Waals surface area contributed by atoms with Crippen LogP contribution in [0.5, 0.6) is 5.75 Å². The first-order chi connectivity index (χ1) is 20.5. The average molecular weight is 712 g/mol. The first-order valence-electron chi connectivity index (χ1n) is 12.7. The molecular formula is C30H20BrCl2F3N2O4S. The number of esters is 1. The smallest absolute Gasteiger partial charge is 0.434 e. The highest BCUT2D eigenvalue weighted by Gasteiger charge is 2.45. The Bertz CT molecular complexity index is 1920. The van der Waals surface area contributed by atoms with Gasteiger partial charge >= 0.3 is 12.1 Å². The molecule has 0 bridgehead atoms. The molecule has 0 saturated heterocycles. The first kappa shape index (κ1) is 31.1. The van der Waals surface area contributed by atoms with Gasteiger partial charge in [-0.2, -0.15) is 13.2 Å². The topological polar surface area (TPSA) is 69.9 Å². The lowest BCUT2D eigenvalue weighted by atomic mass is 9.95. The minimum Gasteiger partial charge on any atom is -0.488 e. The molecule has 1 aromatic heterocycles. The van der Waals surface area contributed by atoms with Gasteiger partial charge in [-0.3, -0.25) is 9.36 Å². The van der Waals surface area contributed by atoms with Crippen molar-refractivity contribution in [1.29, 1.82) is 0 Å². The Balaban J connectivity index is 1.59. The van der Waals surface area contributed by atoms with E-state index in [9.17, 15) is 22.8 Å². The van der Waals surface area contributed by atoms with Crippen molar-refractivity contribution < 1.29 is 27.4 Å². The number of halogens is 6. The molecule has 0 spiro atoms. The molecule has 43 heavy (non-hydrogen) atoms. The van der Waals surface area contributed by atoms with Crippen LogP contribution in [0.4, 0.5) is 13.2 Å². The summed E-state index contributed by atoms with van der Waals surface area (Å²) in [5.41, 5.74) is -1.12. The Labute approximate surface area is 265 Å². The molecule has 222 valence electrons. The van der Waals surface area contributed by atoms with Crippen LogP contribution in [0, 0.1) is 0 Å². The van der Waals surface area contributed by atoms with Gasteiger partial charge in [-0.15, -0.1) is 0 Å². The number of rotatable bonds is 7. The van der Waals surface area contributed by atoms with Gasteiger partial charge in [0.25, 0.3) is 5.56 Å². The number of allylic oxidation sites excluding steroid dienone is 1. The van der Waals surface area contributed by atoms with Gasteiger partial charge in [0.1, 0.15) is 12.4 Å². The molecule has 0 saturated carbocycles. The number of ether oxygens (including phenoxy) is 2. The van der Waals surface area contributed by atoms with E-state index in [1.807, 2.05) is 12.1 Å². The van der Waals surface area contributed by atoms with E-state index in [0.29, 0.717) is 25.8 Å². The lowest BCUT2D eigenvalue weighted by molar-refractivity contribution is -0.140. The van der Waals surface area contributed by atoms with Crippen molar-refractivity contribution in [2.24, 2.45) is 4.99 Å². The number of alkyl halides is 3. The minimum atomic E-state index is -4.99. The van der Waals surface area contributed by atoms with Gasteiger partial charge in [-0.05, 0) is 82.0 Å². The Morgan fingerprint density at radius 2 is 1.84 bits per heavy atom. The van der Waals surface area contributed by atoms with Crippen LogP contribution in [-0.2, 0) is 16.1 Å². The van der Waals surface area contributed by atoms with E-state index < -0.39 is 35.0 Å². The van der Waals surface area contributed by atoms with Crippen LogP contribution in [0.1, 0.15) is 29.7 Å². The zero-order chi connectivity index (χ0) is 30.9. The van der Waals surface area contributed by atoms with E-state index in [-0.39, 0.29) is 28.1 Å². The van der Waals surface area contributed by atoms with Gasteiger partial charge in [0.15, 0.2) is 10.5 Å². The first-order valence-corrected chi connectivity index (χ1v) is 15.1. The summed E-state index contributed by atoms with van der Waals surface area (Å²) < 4.78 is 55.5. The van der Waals surface area contributed by atoms with Gasteiger partial charge in [0.05, 0.1) is 27.2 Å². The number of aromatic nitrogens is 1. The highest BCUT2D eigenvalue weighted by atomic mass is 79.9. The fourth-order valence-corrected chi connectivity index (χ4v) is 6.31. The van der Waals surface area contributed by atoms with E-state index in [1.165, 1.54) is 37.3 Å². The number of carbonyl (C=O) groups is 1. The quantitative estimate of drug-likeness (QED) is 0.194. The van der Waals surface area contributed by atoms with Crippen molar-refractivity contribution in [3.63, 3.8) is 0 Å². The summed E-state index contributed by atoms with van der Waals surface area (Å²) in [5.74, 6) is -0.680. The van der Waals surface area contributed by atoms with E-state index >= 15 is 0 Å². The molecule has 2 heterocycles. The molecule has 1 aliphatic heterocycles. The maximum atomic E-state index is 14.3. The summed E-state index contributed by atoms with van der Waals surface area (Å²) in [5, 5.41) is 0.923. The zero-order valence-corrected chi connectivity index (χ0v) is 26.0. The van der Waals surface area contributed by atoms with Crippen LogP contribution >= 0.6 is 50.5 Å². The minimum absolute atomic E-state index is 0.115. The lowest BCUT2D eigenvalue weighted by Gasteiger charge is -2.26. The summed E-state index contributed by atoms with van der Waals surface area (Å²) in [6.07, 6.45) is -3.46. The molecule has 0 fully saturated rings. The van der Waals surface area contributed by atoms with Crippen LogP contribution in [0.2, 0.25) is 10.0 Å². The molecule has 3 aromatic carbocycles. The largest absolute Gasteiger partial charge is 0.488 e. The second-order valence-electron chi connectivity index (χ2n) is 9.22. The van der Waals surface area contributed by atoms with Crippen molar-refractivity contribution in [3.05, 3.63) is 129 Å². The van der Waals surface area contributed by atoms with Crippen molar-refractivity contribution in [1.82, 2.24) is 4.57 Å². The lowest BCUT2D eigenvalue weighted by Crippen LogP contribution is -2.41. The second kappa shape index (κ2) is 12.7. The Morgan fingerprint density at radius 3 is 2.49 bits per heavy atom. The highest BCUT2D eigenvalue weighted by molar-refractivity contribution is 9.10. The number of nitrogens with zero attached hydrogens (tertiary/aromatic N) is 2. The third kappa shape index (κ3) is 6.75. The van der Waals surface area contributed by atoms with Crippen LogP contribution in [0.3, 0.4) is 0 Å². The normalized spacial score (nSPS) is 15.2. The molecule has 5 rings (SSSR count). The van der Waals surface area contributed by atoms with Crippen molar-refractivity contribution >= 4 is 62.5 Å². The molecular weight excluding hydrogens is 692 g/mol. The summed E-state index contributed by atoms with van der Waals surface area (Å²) >= 11 is 16.3. The van der Waals surface area contributed by atoms with E-state index in [4.69, 9.17) is 32.7 Å². The summed E-state index contributed by atoms with van der Waals surface area (Å²) in [7, 11) is 0. The highest BCUT2D eigenvalue weighted by Crippen LogP contribution is 2.38. The molecule has 6 nitrogen and oxygen atoms in total. The Kier molecular flexibility index (Phi) is 9.17. The standard InChI is InChI=1S/C30H20BrCl2F3N2O4S/c1-2-41-28(40)24-25(18-7-9-19(32)10-8-18)38-27(39)23(43-29(38)37-26(24)30(34,35)36)14-16-6-11-22(21(31)13-16)42-15-17-4-3-5-20(33)12-17/h3-14,25H,2,15H2,1H3/b23-14-/t25-/m1/s1. The predicted octanol–water partition coefficient (Wildman–Crippen LogP) is 6.99. The number of hydrogen-bond acceptors (Lipinski definition) is 6. The number of hydrogen-bond donors (Lipinski definition) is 0. The van der Waals surface area contributed by atoms with Gasteiger partial charge in [-0.25, -0.2) is 9.79 Å². The fraction of sp³-hybridized carbons (Fsp3) is 0.167. The third-order valence-corrected chi connectivity index (χ3v) is 8.41. The third-order valence-electron chi connectivity index (χ3n) is 6.32. The molecule has 0 N–H and O–H groups in total. The monoisotopic (exact) mass is 710 g/mol. The maximum absolute atomic E-state index is 14.3. The van der Waals surface area contributed by atoms with Crippen molar-refractivity contribution in [2.45, 2.75) is 25.7 Å². The van der Waals surface area contributed by atoms with Gasteiger partial charge in [0, 0.05) is 10.0 Å². The van der Waals surface area contributed by atoms with E-state index in [1.54, 1.807) is 30.3 Å². The molecule has 0 radical (unpaired) electrons. The molecule has 0 aliphatic carbocycles. The van der Waals surface area contributed by atoms with Gasteiger partial charge in [0.2, 0.25) is 0 Å². The molecule has 13 heteroatoms. The molecule has 0 unspecified atom stereocenters. The van der Waals surface area contributed by atoms with Crippen molar-refractivity contribution in [2.75, 3.05) is 6.61 Å². The van der Waals surface area contributed by atoms with Crippen LogP contribution in [0.15, 0.2) is 92.3 Å². The molecule has 1 aliphatic rings. The molecule has 1 atom stereocenters. The Hall–Kier alpha value is -3.38. The van der Waals surface area contributed by atoms with Crippen LogP contribution in [0.25, 0.3) is 6.08 Å². The summed E-state index contributed by atoms with van der Waals surface area (Å²) in [4.78, 5) is 30.2. The van der Waals surface area contributed by atoms with E-state index in [2.05, 4.69) is 20.9 Å². The molecule has 0 amide bonds. The fourth-order valence-electron chi connectivity index (χ4n) is 4.46. The second-order valence-corrected chi connectivity index (χ2v) is 12.0. The van der Waals surface area contributed by atoms with Gasteiger partial charge < -0.3 is 9.47 Å². The van der Waals surface area contributed by atoms with E-state index in [0.717, 1.165) is 21.5 Å². The SMILES string of the molecule is CCOC(=O)C1=C(C(F)(F)F)N=c2s/c(=C\c3ccc(OCc4cccc(Cl)c4)c(Br)c3)c(=O)n2[C@@H]1c1ccc(Cl)cc1. The Morgan fingerprint density at radius 1 is 1.09 bits per heavy atom. The van der Waals surface area contributed by atoms with Crippen LogP contribution in [-0.4, -0.2) is 23.3 Å². The predicted molar refractivity (Wildman–Crippen MR) is 162 cm³/mol. The number of carbonyl (C=O) groups excluding carboxylic acids is 1. The number of thiazole rings is 1. The van der Waals surface area contributed by atoms with Gasteiger partial charge in [-0.1, -0.05) is 64.9 Å². The number of benzene rings is 3. The maximum Gasteiger partial charge on any atom is 0.434 e.